The predicted octanol–water partition coefficient (Wildman–Crippen LogP) is 2.55. The number of hydrogen-bond donors (Lipinski definition) is 1. The van der Waals surface area contributed by atoms with Gasteiger partial charge in [0.25, 0.3) is 11.5 Å². The molecule has 1 aliphatic carbocycles. The molecule has 1 saturated carbocycles. The summed E-state index contributed by atoms with van der Waals surface area (Å²) in [6.07, 6.45) is 6.87. The van der Waals surface area contributed by atoms with Crippen molar-refractivity contribution in [1.82, 2.24) is 14.9 Å². The van der Waals surface area contributed by atoms with E-state index in [0.717, 1.165) is 56.7 Å². The molecule has 0 radical (unpaired) electrons. The van der Waals surface area contributed by atoms with Crippen molar-refractivity contribution in [2.24, 2.45) is 5.92 Å². The van der Waals surface area contributed by atoms with Crippen LogP contribution in [0.5, 0.6) is 0 Å². The van der Waals surface area contributed by atoms with E-state index in [1.165, 1.54) is 0 Å². The molecule has 4 heterocycles. The lowest BCUT2D eigenvalue weighted by molar-refractivity contribution is 0.0599. The van der Waals surface area contributed by atoms with Crippen molar-refractivity contribution < 1.29 is 9.53 Å². The van der Waals surface area contributed by atoms with Crippen LogP contribution in [0.2, 0.25) is 0 Å². The molecule has 5 rings (SSSR count). The number of nitrogens with one attached hydrogen (secondary N) is 1. The smallest absolute Gasteiger partial charge is 0.263 e. The van der Waals surface area contributed by atoms with Crippen molar-refractivity contribution >= 4 is 11.7 Å². The molecule has 2 bridgehead atoms. The van der Waals surface area contributed by atoms with Crippen molar-refractivity contribution in [3.05, 3.63) is 58.1 Å². The van der Waals surface area contributed by atoms with Gasteiger partial charge >= 0.3 is 0 Å². The third-order valence-corrected chi connectivity index (χ3v) is 7.16. The fraction of sp³-hybridized carbons (Fsp3) is 0.542. The van der Waals surface area contributed by atoms with Crippen LogP contribution in [0.3, 0.4) is 0 Å². The number of rotatable bonds is 4. The number of ether oxygens (including phenoxy) is 1. The topological polar surface area (TPSA) is 76.5 Å². The summed E-state index contributed by atoms with van der Waals surface area (Å²) in [6, 6.07) is 9.81. The van der Waals surface area contributed by atoms with Crippen LogP contribution in [0, 0.1) is 5.92 Å². The molecule has 2 fully saturated rings. The second-order valence-electron chi connectivity index (χ2n) is 9.16. The highest BCUT2D eigenvalue weighted by molar-refractivity contribution is 5.94. The molecular formula is C24H30N4O3. The Hall–Kier alpha value is -2.67. The highest BCUT2D eigenvalue weighted by atomic mass is 16.5. The van der Waals surface area contributed by atoms with Gasteiger partial charge in [-0.1, -0.05) is 6.07 Å². The zero-order valence-corrected chi connectivity index (χ0v) is 18.0. The summed E-state index contributed by atoms with van der Waals surface area (Å²) in [6.45, 7) is 2.40. The lowest BCUT2D eigenvalue weighted by Gasteiger charge is -2.43. The monoisotopic (exact) mass is 422 g/mol. The molecule has 164 valence electrons. The molecule has 7 heteroatoms. The number of hydrogen-bond acceptors (Lipinski definition) is 5. The van der Waals surface area contributed by atoms with Crippen molar-refractivity contribution in [2.75, 3.05) is 25.1 Å². The van der Waals surface area contributed by atoms with E-state index in [1.807, 2.05) is 35.0 Å². The molecule has 1 amide bonds. The number of carbonyl (C=O) groups excluding carboxylic acids is 1. The molecule has 0 spiro atoms. The minimum absolute atomic E-state index is 0.116. The van der Waals surface area contributed by atoms with Crippen LogP contribution in [0.25, 0.3) is 0 Å². The SMILES string of the molecule is COC1CCC(NC(=O)c2ccc3n(c2=O)C[C@H]2C[C@@H]3CN(c3ccccn3)C2)CC1. The molecule has 31 heavy (non-hydrogen) atoms. The molecule has 2 aromatic rings. The molecule has 2 aliphatic heterocycles. The van der Waals surface area contributed by atoms with Gasteiger partial charge in [-0.05, 0) is 62.3 Å². The second kappa shape index (κ2) is 8.46. The van der Waals surface area contributed by atoms with Gasteiger partial charge in [0.15, 0.2) is 0 Å². The van der Waals surface area contributed by atoms with Crippen LogP contribution in [-0.4, -0.2) is 47.8 Å². The fourth-order valence-corrected chi connectivity index (χ4v) is 5.55. The van der Waals surface area contributed by atoms with E-state index in [0.29, 0.717) is 12.5 Å². The number of aromatic nitrogens is 2. The molecule has 3 aliphatic rings. The summed E-state index contributed by atoms with van der Waals surface area (Å²) >= 11 is 0. The Morgan fingerprint density at radius 2 is 1.94 bits per heavy atom. The highest BCUT2D eigenvalue weighted by Crippen LogP contribution is 2.36. The van der Waals surface area contributed by atoms with Gasteiger partial charge < -0.3 is 19.5 Å². The van der Waals surface area contributed by atoms with Crippen LogP contribution in [0.15, 0.2) is 41.3 Å². The number of piperidine rings is 1. The van der Waals surface area contributed by atoms with Gasteiger partial charge in [0, 0.05) is 50.6 Å². The minimum atomic E-state index is -0.244. The summed E-state index contributed by atoms with van der Waals surface area (Å²) in [5, 5.41) is 3.08. The zero-order valence-electron chi connectivity index (χ0n) is 18.0. The Labute approximate surface area is 182 Å². The quantitative estimate of drug-likeness (QED) is 0.820. The van der Waals surface area contributed by atoms with E-state index in [-0.39, 0.29) is 35.1 Å². The first-order valence-corrected chi connectivity index (χ1v) is 11.4. The van der Waals surface area contributed by atoms with Gasteiger partial charge in [0.2, 0.25) is 0 Å². The maximum absolute atomic E-state index is 13.2. The Morgan fingerprint density at radius 1 is 1.10 bits per heavy atom. The molecule has 0 aromatic carbocycles. The Morgan fingerprint density at radius 3 is 2.68 bits per heavy atom. The zero-order chi connectivity index (χ0) is 21.4. The van der Waals surface area contributed by atoms with Crippen LogP contribution < -0.4 is 15.8 Å². The Bertz CT molecular complexity index is 998. The maximum atomic E-state index is 13.2. The molecule has 0 unspecified atom stereocenters. The summed E-state index contributed by atoms with van der Waals surface area (Å²) in [5.74, 6) is 1.41. The first-order valence-electron chi connectivity index (χ1n) is 11.4. The van der Waals surface area contributed by atoms with Crippen LogP contribution >= 0.6 is 0 Å². The number of amides is 1. The van der Waals surface area contributed by atoms with E-state index in [4.69, 9.17) is 4.74 Å². The predicted molar refractivity (Wildman–Crippen MR) is 119 cm³/mol. The Balaban J connectivity index is 1.33. The van der Waals surface area contributed by atoms with Gasteiger partial charge in [0.1, 0.15) is 11.4 Å². The third-order valence-electron chi connectivity index (χ3n) is 7.16. The molecular weight excluding hydrogens is 392 g/mol. The van der Waals surface area contributed by atoms with Crippen molar-refractivity contribution in [3.8, 4) is 0 Å². The van der Waals surface area contributed by atoms with Gasteiger partial charge in [-0.2, -0.15) is 0 Å². The van der Waals surface area contributed by atoms with Crippen molar-refractivity contribution in [2.45, 2.75) is 56.7 Å². The van der Waals surface area contributed by atoms with Gasteiger partial charge in [-0.15, -0.1) is 0 Å². The Kier molecular flexibility index (Phi) is 5.52. The first kappa shape index (κ1) is 20.2. The second-order valence-corrected chi connectivity index (χ2v) is 9.16. The number of methoxy groups -OCH3 is 1. The standard InChI is InChI=1S/C24H30N4O3/c1-31-19-7-5-18(6-8-19)26-23(29)20-9-10-21-17-12-16(14-28(21)24(20)30)13-27(15-17)22-4-2-3-11-25-22/h2-4,9-11,16-19H,5-8,12-15H2,1H3,(H,26,29)/t16-,17+,18?,19?/m0/s1. The van der Waals surface area contributed by atoms with E-state index in [1.54, 1.807) is 13.2 Å². The minimum Gasteiger partial charge on any atom is -0.381 e. The van der Waals surface area contributed by atoms with Gasteiger partial charge in [-0.3, -0.25) is 9.59 Å². The van der Waals surface area contributed by atoms with E-state index >= 15 is 0 Å². The van der Waals surface area contributed by atoms with E-state index in [2.05, 4.69) is 15.2 Å². The number of anilines is 1. The number of pyridine rings is 2. The lowest BCUT2D eigenvalue weighted by Crippen LogP contribution is -2.49. The molecule has 2 aromatic heterocycles. The largest absolute Gasteiger partial charge is 0.381 e. The van der Waals surface area contributed by atoms with Gasteiger partial charge in [0.05, 0.1) is 6.10 Å². The number of carbonyl (C=O) groups is 1. The third kappa shape index (κ3) is 3.99. The summed E-state index contributed by atoms with van der Waals surface area (Å²) in [5.41, 5.74) is 1.15. The van der Waals surface area contributed by atoms with E-state index in [9.17, 15) is 9.59 Å². The molecule has 2 atom stereocenters. The fourth-order valence-electron chi connectivity index (χ4n) is 5.55. The highest BCUT2D eigenvalue weighted by Gasteiger charge is 2.36. The van der Waals surface area contributed by atoms with Gasteiger partial charge in [-0.25, -0.2) is 4.98 Å². The average molecular weight is 423 g/mol. The summed E-state index contributed by atoms with van der Waals surface area (Å²) in [4.78, 5) is 32.9. The van der Waals surface area contributed by atoms with E-state index < -0.39 is 0 Å². The van der Waals surface area contributed by atoms with Crippen LogP contribution in [0.1, 0.15) is 54.1 Å². The molecule has 1 N–H and O–H groups in total. The van der Waals surface area contributed by atoms with Crippen molar-refractivity contribution in [3.63, 3.8) is 0 Å². The lowest BCUT2D eigenvalue weighted by atomic mass is 9.83. The normalized spacial score (nSPS) is 27.5. The molecule has 7 nitrogen and oxygen atoms in total. The number of nitrogens with zero attached hydrogens (tertiary/aromatic N) is 3. The van der Waals surface area contributed by atoms with Crippen molar-refractivity contribution in [1.29, 1.82) is 0 Å². The summed E-state index contributed by atoms with van der Waals surface area (Å²) < 4.78 is 7.26. The first-order chi connectivity index (χ1) is 15.1. The van der Waals surface area contributed by atoms with Crippen LogP contribution in [-0.2, 0) is 11.3 Å². The number of fused-ring (bicyclic) bond motifs is 4. The maximum Gasteiger partial charge on any atom is 0.263 e. The molecule has 1 saturated heterocycles. The average Bonchev–Trinajstić information content (AvgIpc) is 2.80. The summed E-state index contributed by atoms with van der Waals surface area (Å²) in [7, 11) is 1.74. The van der Waals surface area contributed by atoms with Crippen LogP contribution in [0.4, 0.5) is 5.82 Å².